The van der Waals surface area contributed by atoms with Crippen LogP contribution >= 0.6 is 0 Å². The van der Waals surface area contributed by atoms with Gasteiger partial charge in [0.1, 0.15) is 28.3 Å². The van der Waals surface area contributed by atoms with Crippen LogP contribution in [-0.2, 0) is 10.0 Å². The lowest BCUT2D eigenvalue weighted by Crippen LogP contribution is -2.25. The molecule has 3 heterocycles. The predicted octanol–water partition coefficient (Wildman–Crippen LogP) is 7.35. The van der Waals surface area contributed by atoms with Crippen molar-refractivity contribution in [1.29, 1.82) is 0 Å². The van der Waals surface area contributed by atoms with E-state index in [0.717, 1.165) is 10.6 Å². The Balaban J connectivity index is 1.53. The quantitative estimate of drug-likeness (QED) is 0.205. The molecule has 0 atom stereocenters. The molecule has 9 nitrogen and oxygen atoms in total. The van der Waals surface area contributed by atoms with Gasteiger partial charge in [-0.25, -0.2) is 22.2 Å². The molecule has 3 aromatic heterocycles. The van der Waals surface area contributed by atoms with Gasteiger partial charge in [0.25, 0.3) is 5.91 Å². The first kappa shape index (κ1) is 28.3. The van der Waals surface area contributed by atoms with Crippen LogP contribution in [0.15, 0.2) is 92.3 Å². The number of nitrogens with one attached hydrogen (secondary N) is 1. The van der Waals surface area contributed by atoms with Crippen LogP contribution in [0, 0.1) is 11.6 Å². The number of halogens is 2. The van der Waals surface area contributed by atoms with Gasteiger partial charge in [0.15, 0.2) is 11.4 Å². The number of oxazole rings is 1. The zero-order valence-electron chi connectivity index (χ0n) is 24.0. The fourth-order valence-electron chi connectivity index (χ4n) is 5.38. The summed E-state index contributed by atoms with van der Waals surface area (Å²) in [7, 11) is -0.889. The summed E-state index contributed by atoms with van der Waals surface area (Å²) in [4.78, 5) is 17.6. The number of furan rings is 2. The number of benzene rings is 4. The van der Waals surface area contributed by atoms with E-state index >= 15 is 0 Å². The smallest absolute Gasteiger partial charge is 0.255 e. The van der Waals surface area contributed by atoms with E-state index in [1.165, 1.54) is 56.8 Å². The van der Waals surface area contributed by atoms with Crippen LogP contribution in [0.25, 0.3) is 66.9 Å². The van der Waals surface area contributed by atoms with E-state index in [-0.39, 0.29) is 39.6 Å². The molecule has 0 aliphatic carbocycles. The zero-order valence-corrected chi connectivity index (χ0v) is 24.8. The lowest BCUT2D eigenvalue weighted by Gasteiger charge is -2.21. The average molecular weight is 628 g/mol. The Hall–Kier alpha value is -5.49. The SMILES string of the molecule is CNC(=O)c1c(-c2ccc(F)cc2)oc2cc(N(C)S(C)(=O)=O)c(-c3cc(-c4nc5c(F)cccc5o4)c4occc4c3)cc12. The Morgan fingerprint density at radius 3 is 2.40 bits per heavy atom. The van der Waals surface area contributed by atoms with E-state index in [9.17, 15) is 22.0 Å². The standard InChI is InChI=1S/C33H23F2N3O6S/c1-36-32(39)28-22-15-21(25(38(2)45(3,40)41)16-27(22)43-31(28)17-7-9-20(34)10-8-17)19-13-18-11-12-42-30(18)23(14-19)33-37-29-24(35)5-4-6-26(29)44-33/h4-16H,1-3H3,(H,36,39). The summed E-state index contributed by atoms with van der Waals surface area (Å²) in [6.45, 7) is 0. The molecule has 45 heavy (non-hydrogen) atoms. The van der Waals surface area contributed by atoms with Gasteiger partial charge >= 0.3 is 0 Å². The number of rotatable bonds is 6. The maximum atomic E-state index is 14.5. The number of amides is 1. The molecule has 0 saturated heterocycles. The fourth-order valence-corrected chi connectivity index (χ4v) is 5.89. The molecule has 0 fully saturated rings. The molecule has 7 aromatic rings. The highest BCUT2D eigenvalue weighted by Crippen LogP contribution is 2.44. The third kappa shape index (κ3) is 4.70. The normalized spacial score (nSPS) is 11.9. The van der Waals surface area contributed by atoms with E-state index < -0.39 is 27.6 Å². The van der Waals surface area contributed by atoms with Crippen molar-refractivity contribution in [3.63, 3.8) is 0 Å². The van der Waals surface area contributed by atoms with Crippen LogP contribution < -0.4 is 9.62 Å². The third-order valence-electron chi connectivity index (χ3n) is 7.67. The zero-order chi connectivity index (χ0) is 31.6. The van der Waals surface area contributed by atoms with Gasteiger partial charge in [0.05, 0.1) is 29.3 Å². The number of carbonyl (C=O) groups is 1. The van der Waals surface area contributed by atoms with Gasteiger partial charge in [-0.15, -0.1) is 0 Å². The number of carbonyl (C=O) groups excluding carboxylic acids is 1. The number of aromatic nitrogens is 1. The molecule has 0 bridgehead atoms. The Labute approximate surface area is 254 Å². The van der Waals surface area contributed by atoms with Crippen LogP contribution in [-0.4, -0.2) is 39.7 Å². The summed E-state index contributed by atoms with van der Waals surface area (Å²) in [6, 6.07) is 18.3. The second kappa shape index (κ2) is 10.3. The second-order valence-corrected chi connectivity index (χ2v) is 12.5. The number of anilines is 1. The van der Waals surface area contributed by atoms with Crippen molar-refractivity contribution in [3.05, 3.63) is 96.3 Å². The Kier molecular flexibility index (Phi) is 6.48. The van der Waals surface area contributed by atoms with Crippen LogP contribution in [0.5, 0.6) is 0 Å². The number of nitrogens with zero attached hydrogens (tertiary/aromatic N) is 2. The molecule has 0 saturated carbocycles. The molecule has 226 valence electrons. The summed E-state index contributed by atoms with van der Waals surface area (Å²) in [6.07, 6.45) is 2.56. The maximum absolute atomic E-state index is 14.5. The minimum Gasteiger partial charge on any atom is -0.464 e. The fraction of sp³-hybridized carbons (Fsp3) is 0.0909. The molecule has 0 spiro atoms. The molecule has 0 radical (unpaired) electrons. The van der Waals surface area contributed by atoms with Gasteiger partial charge in [0.2, 0.25) is 15.9 Å². The van der Waals surface area contributed by atoms with Crippen molar-refractivity contribution in [2.75, 3.05) is 24.7 Å². The Morgan fingerprint density at radius 1 is 0.911 bits per heavy atom. The summed E-state index contributed by atoms with van der Waals surface area (Å²) in [5.74, 6) is -1.17. The molecule has 4 aromatic carbocycles. The van der Waals surface area contributed by atoms with Gasteiger partial charge in [0, 0.05) is 42.1 Å². The van der Waals surface area contributed by atoms with E-state index in [0.29, 0.717) is 38.6 Å². The number of fused-ring (bicyclic) bond motifs is 3. The number of hydrogen-bond donors (Lipinski definition) is 1. The molecule has 0 unspecified atom stereocenters. The number of hydrogen-bond acceptors (Lipinski definition) is 7. The predicted molar refractivity (Wildman–Crippen MR) is 166 cm³/mol. The molecule has 0 aliphatic rings. The lowest BCUT2D eigenvalue weighted by atomic mass is 9.96. The molecule has 0 aliphatic heterocycles. The summed E-state index contributed by atoms with van der Waals surface area (Å²) < 4.78 is 72.9. The first-order valence-electron chi connectivity index (χ1n) is 13.6. The molecular weight excluding hydrogens is 604 g/mol. The number of sulfonamides is 1. The maximum Gasteiger partial charge on any atom is 0.255 e. The van der Waals surface area contributed by atoms with Crippen molar-refractivity contribution in [3.8, 4) is 33.9 Å². The van der Waals surface area contributed by atoms with Crippen LogP contribution in [0.2, 0.25) is 0 Å². The highest BCUT2D eigenvalue weighted by atomic mass is 32.2. The summed E-state index contributed by atoms with van der Waals surface area (Å²) >= 11 is 0. The number of para-hydroxylation sites is 1. The minimum absolute atomic E-state index is 0.0541. The van der Waals surface area contributed by atoms with Crippen molar-refractivity contribution in [2.45, 2.75) is 0 Å². The van der Waals surface area contributed by atoms with Crippen molar-refractivity contribution >= 4 is 54.7 Å². The van der Waals surface area contributed by atoms with Crippen LogP contribution in [0.1, 0.15) is 10.4 Å². The lowest BCUT2D eigenvalue weighted by molar-refractivity contribution is 0.0964. The summed E-state index contributed by atoms with van der Waals surface area (Å²) in [5, 5.41) is 3.67. The van der Waals surface area contributed by atoms with E-state index in [4.69, 9.17) is 13.3 Å². The second-order valence-electron chi connectivity index (χ2n) is 10.5. The first-order chi connectivity index (χ1) is 21.5. The molecular formula is C33H23F2N3O6S. The highest BCUT2D eigenvalue weighted by Gasteiger charge is 2.27. The van der Waals surface area contributed by atoms with Crippen LogP contribution in [0.4, 0.5) is 14.5 Å². The average Bonchev–Trinajstić information content (AvgIpc) is 3.76. The van der Waals surface area contributed by atoms with Gasteiger partial charge in [-0.3, -0.25) is 9.10 Å². The van der Waals surface area contributed by atoms with Crippen molar-refractivity contribution in [2.24, 2.45) is 0 Å². The van der Waals surface area contributed by atoms with Crippen molar-refractivity contribution in [1.82, 2.24) is 10.3 Å². The van der Waals surface area contributed by atoms with E-state index in [1.807, 2.05) is 0 Å². The third-order valence-corrected chi connectivity index (χ3v) is 8.86. The van der Waals surface area contributed by atoms with Gasteiger partial charge in [-0.05, 0) is 66.2 Å². The molecule has 12 heteroatoms. The largest absolute Gasteiger partial charge is 0.464 e. The highest BCUT2D eigenvalue weighted by molar-refractivity contribution is 7.92. The van der Waals surface area contributed by atoms with Gasteiger partial charge < -0.3 is 18.6 Å². The Bertz CT molecular complexity index is 2410. The minimum atomic E-state index is -3.77. The first-order valence-corrected chi connectivity index (χ1v) is 15.5. The summed E-state index contributed by atoms with van der Waals surface area (Å²) in [5.41, 5.74) is 3.23. The topological polar surface area (TPSA) is 119 Å². The molecule has 1 amide bonds. The molecule has 7 rings (SSSR count). The van der Waals surface area contributed by atoms with Gasteiger partial charge in [-0.2, -0.15) is 0 Å². The molecule has 1 N–H and O–H groups in total. The van der Waals surface area contributed by atoms with E-state index in [1.54, 1.807) is 36.4 Å². The Morgan fingerprint density at radius 2 is 1.69 bits per heavy atom. The monoisotopic (exact) mass is 627 g/mol. The van der Waals surface area contributed by atoms with Gasteiger partial charge in [-0.1, -0.05) is 6.07 Å². The van der Waals surface area contributed by atoms with Crippen molar-refractivity contribution < 1.29 is 35.2 Å². The van der Waals surface area contributed by atoms with Crippen LogP contribution in [0.3, 0.4) is 0 Å². The van der Waals surface area contributed by atoms with E-state index in [2.05, 4.69) is 10.3 Å².